The van der Waals surface area contributed by atoms with Crippen LogP contribution < -0.4 is 14.2 Å². The number of methoxy groups -OCH3 is 1. The molecule has 4 rings (SSSR count). The third-order valence-electron chi connectivity index (χ3n) is 7.79. The average Bonchev–Trinajstić information content (AvgIpc) is 3.65. The van der Waals surface area contributed by atoms with Gasteiger partial charge in [0, 0.05) is 44.6 Å². The Labute approximate surface area is 229 Å². The van der Waals surface area contributed by atoms with Crippen molar-refractivity contribution in [2.24, 2.45) is 5.92 Å². The largest absolute Gasteiger partial charge is 0.493 e. The molecule has 2 amide bonds. The van der Waals surface area contributed by atoms with E-state index in [0.717, 1.165) is 31.2 Å². The third kappa shape index (κ3) is 6.58. The Bertz CT molecular complexity index is 1030. The van der Waals surface area contributed by atoms with Crippen LogP contribution in [0.2, 0.25) is 0 Å². The van der Waals surface area contributed by atoms with Crippen LogP contribution in [-0.2, 0) is 19.2 Å². The second kappa shape index (κ2) is 13.3. The molecule has 3 unspecified atom stereocenters. The molecule has 0 aliphatic carbocycles. The summed E-state index contributed by atoms with van der Waals surface area (Å²) in [6.45, 7) is 6.57. The van der Waals surface area contributed by atoms with Gasteiger partial charge in [0.25, 0.3) is 5.91 Å². The number of benzene rings is 1. The minimum atomic E-state index is -0.936. The predicted octanol–water partition coefficient (Wildman–Crippen LogP) is 2.88. The number of fused-ring (bicyclic) bond motifs is 1. The number of hydrogen-bond donors (Lipinski definition) is 1. The van der Waals surface area contributed by atoms with Crippen LogP contribution in [-0.4, -0.2) is 97.0 Å². The molecule has 0 spiro atoms. The molecule has 0 bridgehead atoms. The van der Waals surface area contributed by atoms with Gasteiger partial charge in [0.2, 0.25) is 18.4 Å². The minimum absolute atomic E-state index is 0.0357. The molecule has 39 heavy (non-hydrogen) atoms. The molecule has 2 fully saturated rings. The minimum Gasteiger partial charge on any atom is -0.493 e. The number of likely N-dealkylation sites (tertiary alicyclic amines) is 2. The number of carbonyl (C=O) groups excluding carboxylic acids is 2. The van der Waals surface area contributed by atoms with Crippen LogP contribution in [0.4, 0.5) is 0 Å². The molecule has 0 aromatic heterocycles. The highest BCUT2D eigenvalue weighted by Crippen LogP contribution is 2.47. The number of rotatable bonds is 14. The lowest BCUT2D eigenvalue weighted by atomic mass is 9.84. The standard InChI is InChI=1S/C28H41N3O8/c1-4-6-11-31(39-13-5-2)25(33)17-30-16-20(19-14-22(36-3)27-23(15-19)37-18-38-27)26(28(34)35)21(30)9-12-29-10-7-8-24(29)32/h14-15,20-21,26H,4-13,16-18H2,1-3H3,(H,34,35). The number of ether oxygens (including phenoxy) is 3. The number of carboxylic acids is 1. The molecule has 0 radical (unpaired) electrons. The van der Waals surface area contributed by atoms with Crippen LogP contribution in [0, 0.1) is 5.92 Å². The Morgan fingerprint density at radius 2 is 2.03 bits per heavy atom. The van der Waals surface area contributed by atoms with E-state index < -0.39 is 23.8 Å². The van der Waals surface area contributed by atoms with Gasteiger partial charge in [-0.1, -0.05) is 20.3 Å². The molecular formula is C28H41N3O8. The highest BCUT2D eigenvalue weighted by Gasteiger charge is 2.48. The fourth-order valence-electron chi connectivity index (χ4n) is 5.80. The molecular weight excluding hydrogens is 506 g/mol. The lowest BCUT2D eigenvalue weighted by molar-refractivity contribution is -0.188. The predicted molar refractivity (Wildman–Crippen MR) is 142 cm³/mol. The first-order valence-electron chi connectivity index (χ1n) is 14.0. The smallest absolute Gasteiger partial charge is 0.308 e. The summed E-state index contributed by atoms with van der Waals surface area (Å²) in [6.07, 6.45) is 4.31. The van der Waals surface area contributed by atoms with Gasteiger partial charge in [0.05, 0.1) is 26.2 Å². The maximum atomic E-state index is 13.4. The molecule has 3 aliphatic heterocycles. The molecule has 2 saturated heterocycles. The SMILES string of the molecule is CCCCN(OCCC)C(=O)CN1CC(c2cc(OC)c3c(c2)OCO3)C(C(=O)O)C1CCN1CCCC1=O. The van der Waals surface area contributed by atoms with Gasteiger partial charge >= 0.3 is 5.97 Å². The van der Waals surface area contributed by atoms with Gasteiger partial charge in [0.15, 0.2) is 11.5 Å². The van der Waals surface area contributed by atoms with Crippen molar-refractivity contribution in [3.05, 3.63) is 17.7 Å². The summed E-state index contributed by atoms with van der Waals surface area (Å²) in [4.78, 5) is 48.0. The second-order valence-electron chi connectivity index (χ2n) is 10.4. The lowest BCUT2D eigenvalue weighted by Gasteiger charge is -2.30. The van der Waals surface area contributed by atoms with E-state index in [1.165, 1.54) is 12.2 Å². The number of hydroxylamine groups is 2. The molecule has 216 valence electrons. The summed E-state index contributed by atoms with van der Waals surface area (Å²) in [5.74, 6) is -0.737. The van der Waals surface area contributed by atoms with Crippen LogP contribution in [0.1, 0.15) is 63.9 Å². The summed E-state index contributed by atoms with van der Waals surface area (Å²) >= 11 is 0. The normalized spacial score (nSPS) is 22.5. The van der Waals surface area contributed by atoms with Crippen molar-refractivity contribution >= 4 is 17.8 Å². The maximum absolute atomic E-state index is 13.4. The van der Waals surface area contributed by atoms with E-state index in [2.05, 4.69) is 6.92 Å². The zero-order chi connectivity index (χ0) is 27.9. The molecule has 11 nitrogen and oxygen atoms in total. The number of hydrogen-bond acceptors (Lipinski definition) is 8. The van der Waals surface area contributed by atoms with Crippen molar-refractivity contribution in [3.63, 3.8) is 0 Å². The van der Waals surface area contributed by atoms with E-state index in [-0.39, 0.29) is 25.2 Å². The Morgan fingerprint density at radius 1 is 1.21 bits per heavy atom. The topological polar surface area (TPSA) is 118 Å². The molecule has 3 atom stereocenters. The molecule has 1 aromatic carbocycles. The Hall–Kier alpha value is -3.05. The first-order valence-corrected chi connectivity index (χ1v) is 14.0. The molecule has 0 saturated carbocycles. The summed E-state index contributed by atoms with van der Waals surface area (Å²) in [5.41, 5.74) is 0.755. The first kappa shape index (κ1) is 28.9. The number of unbranched alkanes of at least 4 members (excludes halogenated alkanes) is 1. The van der Waals surface area contributed by atoms with Crippen molar-refractivity contribution in [1.29, 1.82) is 0 Å². The second-order valence-corrected chi connectivity index (χ2v) is 10.4. The Kier molecular flexibility index (Phi) is 9.90. The zero-order valence-electron chi connectivity index (χ0n) is 23.2. The van der Waals surface area contributed by atoms with E-state index in [1.807, 2.05) is 17.9 Å². The van der Waals surface area contributed by atoms with Gasteiger partial charge in [-0.05, 0) is 43.4 Å². The quantitative estimate of drug-likeness (QED) is 0.351. The van der Waals surface area contributed by atoms with E-state index >= 15 is 0 Å². The molecule has 3 heterocycles. The monoisotopic (exact) mass is 547 g/mol. The van der Waals surface area contributed by atoms with Crippen LogP contribution in [0.3, 0.4) is 0 Å². The van der Waals surface area contributed by atoms with Crippen molar-refractivity contribution in [2.45, 2.75) is 64.3 Å². The van der Waals surface area contributed by atoms with Crippen LogP contribution in [0.15, 0.2) is 12.1 Å². The van der Waals surface area contributed by atoms with Gasteiger partial charge in [-0.15, -0.1) is 0 Å². The van der Waals surface area contributed by atoms with Crippen molar-refractivity contribution in [2.75, 3.05) is 53.2 Å². The third-order valence-corrected chi connectivity index (χ3v) is 7.79. The molecule has 11 heteroatoms. The highest BCUT2D eigenvalue weighted by atomic mass is 16.7. The summed E-state index contributed by atoms with van der Waals surface area (Å²) in [5, 5.41) is 11.9. The zero-order valence-corrected chi connectivity index (χ0v) is 23.2. The summed E-state index contributed by atoms with van der Waals surface area (Å²) < 4.78 is 16.6. The molecule has 1 N–H and O–H groups in total. The highest BCUT2D eigenvalue weighted by molar-refractivity contribution is 5.79. The summed E-state index contributed by atoms with van der Waals surface area (Å²) in [6, 6.07) is 3.18. The number of amides is 2. The van der Waals surface area contributed by atoms with E-state index in [0.29, 0.717) is 62.9 Å². The van der Waals surface area contributed by atoms with Crippen molar-refractivity contribution in [3.8, 4) is 17.2 Å². The van der Waals surface area contributed by atoms with E-state index in [1.54, 1.807) is 11.0 Å². The van der Waals surface area contributed by atoms with Gasteiger partial charge in [-0.2, -0.15) is 0 Å². The molecule has 3 aliphatic rings. The van der Waals surface area contributed by atoms with E-state index in [4.69, 9.17) is 19.0 Å². The average molecular weight is 548 g/mol. The number of nitrogens with zero attached hydrogens (tertiary/aromatic N) is 3. The van der Waals surface area contributed by atoms with Gasteiger partial charge in [-0.25, -0.2) is 5.06 Å². The first-order chi connectivity index (χ1) is 18.9. The number of carboxylic acid groups (broad SMARTS) is 1. The van der Waals surface area contributed by atoms with Crippen LogP contribution >= 0.6 is 0 Å². The summed E-state index contributed by atoms with van der Waals surface area (Å²) in [7, 11) is 1.53. The fourth-order valence-corrected chi connectivity index (χ4v) is 5.80. The van der Waals surface area contributed by atoms with Gasteiger partial charge < -0.3 is 24.2 Å². The van der Waals surface area contributed by atoms with Gasteiger partial charge in [-0.3, -0.25) is 24.1 Å². The molecule has 1 aromatic rings. The van der Waals surface area contributed by atoms with Crippen LogP contribution in [0.5, 0.6) is 17.2 Å². The van der Waals surface area contributed by atoms with Gasteiger partial charge in [0.1, 0.15) is 0 Å². The Morgan fingerprint density at radius 3 is 2.69 bits per heavy atom. The maximum Gasteiger partial charge on any atom is 0.308 e. The van der Waals surface area contributed by atoms with Crippen molar-refractivity contribution in [1.82, 2.24) is 14.9 Å². The number of aliphatic carboxylic acids is 1. The van der Waals surface area contributed by atoms with Crippen LogP contribution in [0.25, 0.3) is 0 Å². The van der Waals surface area contributed by atoms with Crippen molar-refractivity contribution < 1.29 is 38.5 Å². The van der Waals surface area contributed by atoms with E-state index in [9.17, 15) is 19.5 Å². The lowest BCUT2D eigenvalue weighted by Crippen LogP contribution is -2.45. The Balaban J connectivity index is 1.62. The fraction of sp³-hybridized carbons (Fsp3) is 0.679. The number of carbonyl (C=O) groups is 3.